The monoisotopic (exact) mass is 341 g/mol. The Balaban J connectivity index is 2.43. The summed E-state index contributed by atoms with van der Waals surface area (Å²) >= 11 is 9.12. The Kier molecular flexibility index (Phi) is 4.27. The van der Waals surface area contributed by atoms with E-state index >= 15 is 0 Å². The Hall–Kier alpha value is -1.33. The minimum absolute atomic E-state index is 0.344. The van der Waals surface area contributed by atoms with Crippen LogP contribution in [0.4, 0.5) is 11.5 Å². The maximum absolute atomic E-state index is 5.78. The average molecular weight is 343 g/mol. The van der Waals surface area contributed by atoms with E-state index in [2.05, 4.69) is 31.2 Å². The summed E-state index contributed by atoms with van der Waals surface area (Å²) in [7, 11) is 1.65. The van der Waals surface area contributed by atoms with E-state index in [1.807, 2.05) is 26.0 Å². The predicted octanol–water partition coefficient (Wildman–Crippen LogP) is 4.26. The van der Waals surface area contributed by atoms with Crippen LogP contribution in [0.5, 0.6) is 5.75 Å². The highest BCUT2D eigenvalue weighted by Crippen LogP contribution is 2.32. The third kappa shape index (κ3) is 2.98. The molecule has 0 bridgehead atoms. The van der Waals surface area contributed by atoms with Crippen LogP contribution in [0.1, 0.15) is 11.1 Å². The third-order valence-electron chi connectivity index (χ3n) is 2.79. The molecule has 0 unspecified atom stereocenters. The number of hydrogen-bond donors (Lipinski definition) is 1. The fourth-order valence-electron chi connectivity index (χ4n) is 1.79. The lowest BCUT2D eigenvalue weighted by Gasteiger charge is -2.15. The first-order valence-electron chi connectivity index (χ1n) is 5.62. The lowest BCUT2D eigenvalue weighted by atomic mass is 10.1. The zero-order valence-corrected chi connectivity index (χ0v) is 13.1. The molecule has 1 aromatic heterocycles. The zero-order chi connectivity index (χ0) is 14.0. The summed E-state index contributed by atoms with van der Waals surface area (Å²) in [5.41, 5.74) is 3.07. The first-order chi connectivity index (χ1) is 9.02. The van der Waals surface area contributed by atoms with Crippen molar-refractivity contribution < 1.29 is 4.74 Å². The molecule has 0 aliphatic rings. The fourth-order valence-corrected chi connectivity index (χ4v) is 2.42. The number of methoxy groups -OCH3 is 1. The number of nitrogens with zero attached hydrogens (tertiary/aromatic N) is 2. The van der Waals surface area contributed by atoms with Gasteiger partial charge in [0.05, 0.1) is 13.3 Å². The van der Waals surface area contributed by atoms with Gasteiger partial charge in [0.2, 0.25) is 0 Å². The maximum Gasteiger partial charge on any atom is 0.163 e. The molecule has 0 atom stereocenters. The minimum Gasteiger partial charge on any atom is -0.496 e. The van der Waals surface area contributed by atoms with Crippen molar-refractivity contribution in [1.82, 2.24) is 9.97 Å². The van der Waals surface area contributed by atoms with Crippen molar-refractivity contribution in [3.05, 3.63) is 39.2 Å². The van der Waals surface area contributed by atoms with E-state index in [0.717, 1.165) is 22.6 Å². The fraction of sp³-hybridized carbons (Fsp3) is 0.231. The van der Waals surface area contributed by atoms with Crippen LogP contribution in [0.3, 0.4) is 0 Å². The van der Waals surface area contributed by atoms with E-state index in [-0.39, 0.29) is 0 Å². The van der Waals surface area contributed by atoms with Gasteiger partial charge in [0.1, 0.15) is 15.5 Å². The van der Waals surface area contributed by atoms with E-state index in [9.17, 15) is 0 Å². The van der Waals surface area contributed by atoms with Gasteiger partial charge < -0.3 is 10.1 Å². The Morgan fingerprint density at radius 1 is 1.32 bits per heavy atom. The van der Waals surface area contributed by atoms with Gasteiger partial charge in [0, 0.05) is 11.3 Å². The molecule has 1 N–H and O–H groups in total. The van der Waals surface area contributed by atoms with Crippen LogP contribution in [-0.2, 0) is 0 Å². The molecule has 19 heavy (non-hydrogen) atoms. The van der Waals surface area contributed by atoms with Crippen LogP contribution >= 0.6 is 27.5 Å². The third-order valence-corrected chi connectivity index (χ3v) is 3.52. The number of halogens is 2. The van der Waals surface area contributed by atoms with Crippen LogP contribution in [0.2, 0.25) is 5.15 Å². The molecule has 0 amide bonds. The normalized spacial score (nSPS) is 10.4. The van der Waals surface area contributed by atoms with Gasteiger partial charge in [-0.25, -0.2) is 9.97 Å². The van der Waals surface area contributed by atoms with Crippen molar-refractivity contribution in [2.45, 2.75) is 13.8 Å². The Labute approximate surface area is 125 Å². The summed E-state index contributed by atoms with van der Waals surface area (Å²) in [5.74, 6) is 1.44. The summed E-state index contributed by atoms with van der Waals surface area (Å²) in [6.07, 6.45) is 1.50. The maximum atomic E-state index is 5.78. The average Bonchev–Trinajstić information content (AvgIpc) is 2.37. The summed E-state index contributed by atoms with van der Waals surface area (Å²) < 4.78 is 5.89. The Morgan fingerprint density at radius 3 is 2.68 bits per heavy atom. The summed E-state index contributed by atoms with van der Waals surface area (Å²) in [6.45, 7) is 4.01. The highest BCUT2D eigenvalue weighted by Gasteiger charge is 2.11. The molecule has 6 heteroatoms. The van der Waals surface area contributed by atoms with E-state index in [1.54, 1.807) is 7.11 Å². The zero-order valence-electron chi connectivity index (χ0n) is 10.8. The molecule has 0 saturated heterocycles. The van der Waals surface area contributed by atoms with Crippen LogP contribution in [0, 0.1) is 13.8 Å². The first kappa shape index (κ1) is 14.1. The van der Waals surface area contributed by atoms with E-state index in [4.69, 9.17) is 16.3 Å². The van der Waals surface area contributed by atoms with Crippen molar-refractivity contribution in [2.75, 3.05) is 12.4 Å². The quantitative estimate of drug-likeness (QED) is 0.905. The van der Waals surface area contributed by atoms with Crippen molar-refractivity contribution in [3.63, 3.8) is 0 Å². The molecule has 2 rings (SSSR count). The highest BCUT2D eigenvalue weighted by atomic mass is 79.9. The number of nitrogens with one attached hydrogen (secondary N) is 1. The highest BCUT2D eigenvalue weighted by molar-refractivity contribution is 9.10. The smallest absolute Gasteiger partial charge is 0.163 e. The van der Waals surface area contributed by atoms with Crippen molar-refractivity contribution in [2.24, 2.45) is 0 Å². The summed E-state index contributed by atoms with van der Waals surface area (Å²) in [6, 6.07) is 3.93. The Bertz CT molecular complexity index is 619. The number of aromatic nitrogens is 2. The van der Waals surface area contributed by atoms with Crippen LogP contribution in [-0.4, -0.2) is 17.1 Å². The second-order valence-electron chi connectivity index (χ2n) is 4.04. The topological polar surface area (TPSA) is 47.0 Å². The minimum atomic E-state index is 0.344. The molecule has 0 spiro atoms. The lowest BCUT2D eigenvalue weighted by molar-refractivity contribution is 0.412. The molecule has 0 radical (unpaired) electrons. The van der Waals surface area contributed by atoms with E-state index in [0.29, 0.717) is 15.6 Å². The van der Waals surface area contributed by atoms with E-state index < -0.39 is 0 Å². The standard InChI is InChI=1S/C13H13BrClN3O/c1-7-4-5-9(19-3)8(2)11(7)18-13-12(14)17-10(15)6-16-13/h4-6H,1-3H3,(H,16,18). The van der Waals surface area contributed by atoms with Gasteiger partial charge in [-0.3, -0.25) is 0 Å². The van der Waals surface area contributed by atoms with Gasteiger partial charge in [-0.15, -0.1) is 0 Å². The van der Waals surface area contributed by atoms with Gasteiger partial charge in [-0.05, 0) is 41.4 Å². The number of aryl methyl sites for hydroxylation is 1. The second-order valence-corrected chi connectivity index (χ2v) is 5.18. The molecule has 0 saturated carbocycles. The molecule has 0 aliphatic heterocycles. The van der Waals surface area contributed by atoms with Crippen molar-refractivity contribution in [1.29, 1.82) is 0 Å². The predicted molar refractivity (Wildman–Crippen MR) is 80.5 cm³/mol. The Morgan fingerprint density at radius 2 is 2.05 bits per heavy atom. The number of benzene rings is 1. The largest absolute Gasteiger partial charge is 0.496 e. The molecule has 4 nitrogen and oxygen atoms in total. The molecule has 1 heterocycles. The molecule has 0 aliphatic carbocycles. The SMILES string of the molecule is COc1ccc(C)c(Nc2ncc(Cl)nc2Br)c1C. The van der Waals surface area contributed by atoms with Crippen molar-refractivity contribution >= 4 is 39.0 Å². The van der Waals surface area contributed by atoms with Gasteiger partial charge in [-0.1, -0.05) is 17.7 Å². The van der Waals surface area contributed by atoms with Gasteiger partial charge in [0.25, 0.3) is 0 Å². The van der Waals surface area contributed by atoms with Gasteiger partial charge in [0.15, 0.2) is 5.82 Å². The lowest BCUT2D eigenvalue weighted by Crippen LogP contribution is -2.01. The molecule has 100 valence electrons. The molecule has 0 fully saturated rings. The van der Waals surface area contributed by atoms with Crippen LogP contribution in [0.25, 0.3) is 0 Å². The number of ether oxygens (including phenoxy) is 1. The van der Waals surface area contributed by atoms with Crippen LogP contribution < -0.4 is 10.1 Å². The van der Waals surface area contributed by atoms with Crippen LogP contribution in [0.15, 0.2) is 22.9 Å². The number of anilines is 2. The van der Waals surface area contributed by atoms with E-state index in [1.165, 1.54) is 6.20 Å². The molecule has 1 aromatic carbocycles. The summed E-state index contributed by atoms with van der Waals surface area (Å²) in [4.78, 5) is 8.32. The van der Waals surface area contributed by atoms with Crippen molar-refractivity contribution in [3.8, 4) is 5.75 Å². The second kappa shape index (κ2) is 5.75. The van der Waals surface area contributed by atoms with Gasteiger partial charge in [-0.2, -0.15) is 0 Å². The molecular weight excluding hydrogens is 330 g/mol. The first-order valence-corrected chi connectivity index (χ1v) is 6.79. The molecule has 2 aromatic rings. The number of hydrogen-bond acceptors (Lipinski definition) is 4. The summed E-state index contributed by atoms with van der Waals surface area (Å²) in [5, 5.41) is 3.60. The van der Waals surface area contributed by atoms with Gasteiger partial charge >= 0.3 is 0 Å². The molecular formula is C13H13BrClN3O. The number of rotatable bonds is 3.